The molecular weight excluding hydrogens is 391 g/mol. The van der Waals surface area contributed by atoms with E-state index in [9.17, 15) is 19.2 Å². The van der Waals surface area contributed by atoms with Gasteiger partial charge in [-0.2, -0.15) is 5.26 Å². The molecule has 0 unspecified atom stereocenters. The lowest BCUT2D eigenvalue weighted by Gasteiger charge is -2.34. The molecule has 9 heteroatoms. The molecule has 8 nitrogen and oxygen atoms in total. The zero-order valence-electron chi connectivity index (χ0n) is 16.9. The molecule has 0 aliphatic carbocycles. The van der Waals surface area contributed by atoms with Gasteiger partial charge in [0, 0.05) is 31.7 Å². The van der Waals surface area contributed by atoms with Crippen LogP contribution in [0.3, 0.4) is 0 Å². The third kappa shape index (κ3) is 5.15. The molecule has 0 radical (unpaired) electrons. The number of piperazine rings is 1. The number of rotatable bonds is 6. The van der Waals surface area contributed by atoms with Crippen LogP contribution in [0.2, 0.25) is 0 Å². The van der Waals surface area contributed by atoms with Crippen LogP contribution in [-0.2, 0) is 9.59 Å². The molecule has 1 N–H and O–H groups in total. The second kappa shape index (κ2) is 9.41. The molecule has 1 saturated heterocycles. The highest BCUT2D eigenvalue weighted by Crippen LogP contribution is 2.25. The lowest BCUT2D eigenvalue weighted by Crippen LogP contribution is -2.51. The Hall–Kier alpha value is -3.38. The van der Waals surface area contributed by atoms with Crippen LogP contribution in [0.25, 0.3) is 0 Å². The van der Waals surface area contributed by atoms with Crippen molar-refractivity contribution in [3.8, 4) is 11.8 Å². The minimum atomic E-state index is -0.366. The summed E-state index contributed by atoms with van der Waals surface area (Å²) in [4.78, 5) is 28.2. The lowest BCUT2D eigenvalue weighted by molar-refractivity contribution is -0.135. The van der Waals surface area contributed by atoms with Gasteiger partial charge in [0.25, 0.3) is 5.91 Å². The van der Waals surface area contributed by atoms with Gasteiger partial charge in [-0.25, -0.2) is 4.39 Å². The average Bonchev–Trinajstić information content (AvgIpc) is 3.00. The maximum Gasteiger partial charge on any atom is 0.260 e. The summed E-state index contributed by atoms with van der Waals surface area (Å²) in [5.74, 6) is 0.388. The van der Waals surface area contributed by atoms with Gasteiger partial charge in [-0.05, 0) is 38.1 Å². The minimum Gasteiger partial charge on any atom is -0.484 e. The molecule has 30 heavy (non-hydrogen) atoms. The molecule has 2 aromatic rings. The predicted molar refractivity (Wildman–Crippen MR) is 106 cm³/mol. The highest BCUT2D eigenvalue weighted by atomic mass is 19.1. The normalized spacial score (nSPS) is 14.3. The number of anilines is 1. The quantitative estimate of drug-likeness (QED) is 0.777. The fourth-order valence-corrected chi connectivity index (χ4v) is 3.14. The van der Waals surface area contributed by atoms with Crippen molar-refractivity contribution in [2.45, 2.75) is 13.8 Å². The number of amides is 2. The number of furan rings is 1. The van der Waals surface area contributed by atoms with E-state index in [0.717, 1.165) is 0 Å². The Morgan fingerprint density at radius 1 is 1.20 bits per heavy atom. The molecule has 2 heterocycles. The predicted octanol–water partition coefficient (Wildman–Crippen LogP) is 2.07. The second-order valence-electron chi connectivity index (χ2n) is 7.05. The number of halogens is 1. The molecule has 0 atom stereocenters. The summed E-state index contributed by atoms with van der Waals surface area (Å²) in [6.45, 7) is 5.54. The first-order valence-electron chi connectivity index (χ1n) is 9.56. The number of aryl methyl sites for hydroxylation is 1. The topological polar surface area (TPSA) is 98.8 Å². The monoisotopic (exact) mass is 414 g/mol. The van der Waals surface area contributed by atoms with Gasteiger partial charge in [0.2, 0.25) is 11.8 Å². The molecule has 0 saturated carbocycles. The van der Waals surface area contributed by atoms with Gasteiger partial charge < -0.3 is 14.1 Å². The summed E-state index contributed by atoms with van der Waals surface area (Å²) >= 11 is 0. The summed E-state index contributed by atoms with van der Waals surface area (Å²) < 4.78 is 23.7. The van der Waals surface area contributed by atoms with Crippen molar-refractivity contribution in [3.63, 3.8) is 0 Å². The maximum absolute atomic E-state index is 12.9. The first-order valence-corrected chi connectivity index (χ1v) is 9.56. The zero-order valence-corrected chi connectivity index (χ0v) is 16.9. The van der Waals surface area contributed by atoms with Crippen LogP contribution in [0, 0.1) is 31.0 Å². The largest absolute Gasteiger partial charge is 0.484 e. The number of carbonyl (C=O) groups excluding carboxylic acids is 2. The lowest BCUT2D eigenvalue weighted by atomic mass is 10.2. The highest BCUT2D eigenvalue weighted by Gasteiger charge is 2.24. The van der Waals surface area contributed by atoms with Crippen LogP contribution in [0.15, 0.2) is 28.7 Å². The first kappa shape index (κ1) is 21.3. The Balaban J connectivity index is 1.43. The van der Waals surface area contributed by atoms with Gasteiger partial charge in [0.1, 0.15) is 29.0 Å². The van der Waals surface area contributed by atoms with Crippen molar-refractivity contribution in [2.24, 2.45) is 0 Å². The van der Waals surface area contributed by atoms with Crippen LogP contribution in [0.1, 0.15) is 16.9 Å². The van der Waals surface area contributed by atoms with E-state index in [0.29, 0.717) is 48.8 Å². The zero-order chi connectivity index (χ0) is 21.7. The average molecular weight is 414 g/mol. The SMILES string of the molecule is Cc1oc(NC(=O)CN2CCN(C(=O)COc3ccc(F)cc3)CC2)c(C#N)c1C. The van der Waals surface area contributed by atoms with Crippen molar-refractivity contribution >= 4 is 17.7 Å². The number of hydrogen-bond acceptors (Lipinski definition) is 6. The Kier molecular flexibility index (Phi) is 6.69. The minimum absolute atomic E-state index is 0.125. The Bertz CT molecular complexity index is 957. The van der Waals surface area contributed by atoms with E-state index in [1.54, 1.807) is 18.7 Å². The van der Waals surface area contributed by atoms with Crippen molar-refractivity contribution in [1.29, 1.82) is 5.26 Å². The molecule has 1 aromatic heterocycles. The first-order chi connectivity index (χ1) is 14.4. The summed E-state index contributed by atoms with van der Waals surface area (Å²) in [5, 5.41) is 11.9. The van der Waals surface area contributed by atoms with Crippen LogP contribution in [0.5, 0.6) is 5.75 Å². The molecule has 0 spiro atoms. The van der Waals surface area contributed by atoms with Crippen LogP contribution in [-0.4, -0.2) is 60.9 Å². The summed E-state index contributed by atoms with van der Waals surface area (Å²) in [7, 11) is 0. The number of nitrogens with one attached hydrogen (secondary N) is 1. The standard InChI is InChI=1S/C21H23FN4O4/c1-14-15(2)30-21(18(14)11-23)24-19(27)12-25-7-9-26(10-8-25)20(28)13-29-17-5-3-16(22)4-6-17/h3-6H,7-10,12-13H2,1-2H3,(H,24,27). The third-order valence-electron chi connectivity index (χ3n) is 5.02. The van der Waals surface area contributed by atoms with E-state index in [-0.39, 0.29) is 36.7 Å². The number of benzene rings is 1. The van der Waals surface area contributed by atoms with E-state index in [1.807, 2.05) is 11.0 Å². The van der Waals surface area contributed by atoms with Gasteiger partial charge in [-0.1, -0.05) is 0 Å². The Morgan fingerprint density at radius 2 is 1.87 bits per heavy atom. The van der Waals surface area contributed by atoms with Gasteiger partial charge in [0.05, 0.1) is 6.54 Å². The number of carbonyl (C=O) groups is 2. The van der Waals surface area contributed by atoms with E-state index < -0.39 is 0 Å². The fraction of sp³-hybridized carbons (Fsp3) is 0.381. The summed E-state index contributed by atoms with van der Waals surface area (Å²) in [6, 6.07) is 7.53. The van der Waals surface area contributed by atoms with E-state index in [2.05, 4.69) is 5.32 Å². The Labute approximate surface area is 173 Å². The van der Waals surface area contributed by atoms with Gasteiger partial charge in [-0.3, -0.25) is 19.8 Å². The molecule has 1 aliphatic rings. The number of nitriles is 1. The Morgan fingerprint density at radius 3 is 2.50 bits per heavy atom. The molecule has 1 aliphatic heterocycles. The molecule has 2 amide bonds. The van der Waals surface area contributed by atoms with Crippen molar-refractivity contribution < 1.29 is 23.1 Å². The van der Waals surface area contributed by atoms with Gasteiger partial charge in [0.15, 0.2) is 6.61 Å². The maximum atomic E-state index is 12.9. The molecule has 0 bridgehead atoms. The smallest absolute Gasteiger partial charge is 0.260 e. The van der Waals surface area contributed by atoms with E-state index >= 15 is 0 Å². The second-order valence-corrected chi connectivity index (χ2v) is 7.05. The van der Waals surface area contributed by atoms with Crippen molar-refractivity contribution in [3.05, 3.63) is 47.0 Å². The molecule has 3 rings (SSSR count). The van der Waals surface area contributed by atoms with Crippen molar-refractivity contribution in [1.82, 2.24) is 9.80 Å². The fourth-order valence-electron chi connectivity index (χ4n) is 3.14. The number of nitrogens with zero attached hydrogens (tertiary/aromatic N) is 3. The van der Waals surface area contributed by atoms with Gasteiger partial charge in [-0.15, -0.1) is 0 Å². The molecule has 1 fully saturated rings. The van der Waals surface area contributed by atoms with Crippen LogP contribution in [0.4, 0.5) is 10.3 Å². The molecular formula is C21H23FN4O4. The molecule has 158 valence electrons. The molecule has 1 aromatic carbocycles. The summed E-state index contributed by atoms with van der Waals surface area (Å²) in [5.41, 5.74) is 1.04. The van der Waals surface area contributed by atoms with Crippen LogP contribution >= 0.6 is 0 Å². The van der Waals surface area contributed by atoms with Gasteiger partial charge >= 0.3 is 0 Å². The highest BCUT2D eigenvalue weighted by molar-refractivity contribution is 5.92. The van der Waals surface area contributed by atoms with E-state index in [1.165, 1.54) is 24.3 Å². The number of hydrogen-bond donors (Lipinski definition) is 1. The van der Waals surface area contributed by atoms with E-state index in [4.69, 9.17) is 9.15 Å². The van der Waals surface area contributed by atoms with Crippen molar-refractivity contribution in [2.75, 3.05) is 44.6 Å². The third-order valence-corrected chi connectivity index (χ3v) is 5.02. The van der Waals surface area contributed by atoms with Crippen LogP contribution < -0.4 is 10.1 Å². The number of ether oxygens (including phenoxy) is 1. The summed E-state index contributed by atoms with van der Waals surface area (Å²) in [6.07, 6.45) is 0.